The minimum Gasteiger partial charge on any atom is -0.406 e. The topological polar surface area (TPSA) is 79.4 Å². The lowest BCUT2D eigenvalue weighted by atomic mass is 10.0. The van der Waals surface area contributed by atoms with E-state index in [-0.39, 0.29) is 18.0 Å². The Labute approximate surface area is 201 Å². The van der Waals surface area contributed by atoms with Crippen molar-refractivity contribution in [3.63, 3.8) is 0 Å². The quantitative estimate of drug-likeness (QED) is 0.406. The van der Waals surface area contributed by atoms with Crippen LogP contribution in [0, 0.1) is 0 Å². The van der Waals surface area contributed by atoms with Crippen LogP contribution in [0.15, 0.2) is 85.5 Å². The Morgan fingerprint density at radius 2 is 1.74 bits per heavy atom. The van der Waals surface area contributed by atoms with Gasteiger partial charge in [0.1, 0.15) is 5.75 Å². The molecule has 7 nitrogen and oxygen atoms in total. The van der Waals surface area contributed by atoms with Gasteiger partial charge in [-0.2, -0.15) is 0 Å². The van der Waals surface area contributed by atoms with E-state index in [1.165, 1.54) is 12.1 Å². The van der Waals surface area contributed by atoms with E-state index in [9.17, 15) is 18.0 Å². The molecule has 0 atom stereocenters. The number of alkyl halides is 3. The second-order valence-electron chi connectivity index (χ2n) is 7.67. The minimum absolute atomic E-state index is 0.0481. The number of carbonyl (C=O) groups excluding carboxylic acids is 1. The van der Waals surface area contributed by atoms with Crippen molar-refractivity contribution >= 4 is 17.5 Å². The van der Waals surface area contributed by atoms with Crippen molar-refractivity contribution in [2.24, 2.45) is 0 Å². The summed E-state index contributed by atoms with van der Waals surface area (Å²) in [4.78, 5) is 22.9. The van der Waals surface area contributed by atoms with Crippen LogP contribution in [0.25, 0.3) is 11.1 Å². The number of rotatable bonds is 9. The van der Waals surface area contributed by atoms with Crippen molar-refractivity contribution < 1.29 is 22.7 Å². The number of anilines is 2. The number of hydrogen-bond donors (Lipinski definition) is 2. The number of aromatic nitrogens is 2. The molecule has 0 fully saturated rings. The highest BCUT2D eigenvalue weighted by atomic mass is 19.4. The summed E-state index contributed by atoms with van der Waals surface area (Å²) in [5.74, 6) is -0.346. The Balaban J connectivity index is 1.60. The Morgan fingerprint density at radius 1 is 1.06 bits per heavy atom. The first-order chi connectivity index (χ1) is 16.6. The number of nitrogens with one attached hydrogen (secondary N) is 2. The summed E-state index contributed by atoms with van der Waals surface area (Å²) in [6.45, 7) is 3.76. The average molecular weight is 483 g/mol. The Bertz CT molecular complexity index is 1190. The van der Waals surface area contributed by atoms with E-state index in [4.69, 9.17) is 0 Å². The van der Waals surface area contributed by atoms with Crippen LogP contribution in [-0.2, 0) is 11.2 Å². The fourth-order valence-corrected chi connectivity index (χ4v) is 3.06. The van der Waals surface area contributed by atoms with E-state index in [1.54, 1.807) is 30.6 Å². The van der Waals surface area contributed by atoms with Crippen molar-refractivity contribution in [2.75, 3.05) is 24.7 Å². The lowest BCUT2D eigenvalue weighted by Crippen LogP contribution is -2.18. The second kappa shape index (κ2) is 11.2. The summed E-state index contributed by atoms with van der Waals surface area (Å²) in [5, 5.41) is 5.65. The highest BCUT2D eigenvalue weighted by Crippen LogP contribution is 2.25. The number of ether oxygens (including phenoxy) is 1. The molecule has 0 unspecified atom stereocenters. The Kier molecular flexibility index (Phi) is 8.08. The molecule has 0 radical (unpaired) electrons. The number of carbonyl (C=O) groups is 1. The van der Waals surface area contributed by atoms with Gasteiger partial charge in [0.25, 0.3) is 0 Å². The van der Waals surface area contributed by atoms with E-state index in [0.29, 0.717) is 5.95 Å². The molecule has 1 heterocycles. The summed E-state index contributed by atoms with van der Waals surface area (Å²) in [7, 11) is 3.79. The maximum Gasteiger partial charge on any atom is 0.573 e. The van der Waals surface area contributed by atoms with Crippen LogP contribution in [-0.4, -0.2) is 41.2 Å². The fourth-order valence-electron chi connectivity index (χ4n) is 3.06. The summed E-state index contributed by atoms with van der Waals surface area (Å²) in [5.41, 5.74) is 3.36. The van der Waals surface area contributed by atoms with Gasteiger partial charge in [-0.1, -0.05) is 36.9 Å². The fraction of sp³-hybridized carbons (Fsp3) is 0.160. The highest BCUT2D eigenvalue weighted by Gasteiger charge is 2.31. The van der Waals surface area contributed by atoms with E-state index < -0.39 is 12.1 Å². The monoisotopic (exact) mass is 483 g/mol. The number of nitrogens with zero attached hydrogens (tertiary/aromatic N) is 3. The molecular formula is C25H24F3N5O2. The first-order valence-corrected chi connectivity index (χ1v) is 10.5. The van der Waals surface area contributed by atoms with Crippen LogP contribution in [0.4, 0.5) is 24.8 Å². The molecule has 182 valence electrons. The number of amides is 1. The standard InChI is InChI=1S/C25H24F3N5O2/c1-4-20(16-33(2)3)32-24-29-14-19(15-30-24)18-10-8-17(9-11-18)12-23(34)31-21-6-5-7-22(13-21)35-25(26,27)28/h4-11,13-16H,1,12H2,2-3H3,(H,31,34)(H,29,30,32)/b20-16+. The van der Waals surface area contributed by atoms with Crippen molar-refractivity contribution in [2.45, 2.75) is 12.8 Å². The molecule has 0 saturated heterocycles. The maximum absolute atomic E-state index is 12.4. The Morgan fingerprint density at radius 3 is 2.34 bits per heavy atom. The van der Waals surface area contributed by atoms with Crippen LogP contribution in [0.3, 0.4) is 0 Å². The molecule has 3 rings (SSSR count). The van der Waals surface area contributed by atoms with Gasteiger partial charge in [0, 0.05) is 50.0 Å². The molecule has 0 aliphatic heterocycles. The first kappa shape index (κ1) is 25.3. The second-order valence-corrected chi connectivity index (χ2v) is 7.67. The largest absolute Gasteiger partial charge is 0.573 e. The van der Waals surface area contributed by atoms with E-state index in [1.807, 2.05) is 37.3 Å². The third kappa shape index (κ3) is 8.18. The molecular weight excluding hydrogens is 459 g/mol. The van der Waals surface area contributed by atoms with Gasteiger partial charge < -0.3 is 20.3 Å². The number of allylic oxidation sites excluding steroid dienone is 1. The highest BCUT2D eigenvalue weighted by molar-refractivity contribution is 5.92. The van der Waals surface area contributed by atoms with Crippen LogP contribution >= 0.6 is 0 Å². The zero-order chi connectivity index (χ0) is 25.4. The average Bonchev–Trinajstić information content (AvgIpc) is 2.78. The first-order valence-electron chi connectivity index (χ1n) is 10.5. The van der Waals surface area contributed by atoms with Crippen molar-refractivity contribution in [1.82, 2.24) is 14.9 Å². The van der Waals surface area contributed by atoms with Gasteiger partial charge in [0.05, 0.1) is 12.1 Å². The predicted octanol–water partition coefficient (Wildman–Crippen LogP) is 5.22. The number of halogens is 3. The van der Waals surface area contributed by atoms with Crippen LogP contribution in [0.2, 0.25) is 0 Å². The van der Waals surface area contributed by atoms with Crippen molar-refractivity contribution in [1.29, 1.82) is 0 Å². The molecule has 3 aromatic rings. The van der Waals surface area contributed by atoms with Gasteiger partial charge in [0.15, 0.2) is 0 Å². The zero-order valence-corrected chi connectivity index (χ0v) is 19.1. The molecule has 1 aromatic heterocycles. The maximum atomic E-state index is 12.4. The van der Waals surface area contributed by atoms with Crippen molar-refractivity contribution in [3.8, 4) is 16.9 Å². The predicted molar refractivity (Wildman–Crippen MR) is 129 cm³/mol. The van der Waals surface area contributed by atoms with E-state index >= 15 is 0 Å². The zero-order valence-electron chi connectivity index (χ0n) is 19.1. The van der Waals surface area contributed by atoms with E-state index in [0.717, 1.165) is 34.5 Å². The SMILES string of the molecule is C=C/C(=C\N(C)C)Nc1ncc(-c2ccc(CC(=O)Nc3cccc(OC(F)(F)F)c3)cc2)cn1. The van der Waals surface area contributed by atoms with Crippen LogP contribution < -0.4 is 15.4 Å². The smallest absolute Gasteiger partial charge is 0.406 e. The third-order valence-corrected chi connectivity index (χ3v) is 4.53. The molecule has 35 heavy (non-hydrogen) atoms. The number of hydrogen-bond acceptors (Lipinski definition) is 6. The molecule has 2 aromatic carbocycles. The lowest BCUT2D eigenvalue weighted by Gasteiger charge is -2.11. The van der Waals surface area contributed by atoms with Crippen LogP contribution in [0.1, 0.15) is 5.56 Å². The Hall–Kier alpha value is -4.34. The summed E-state index contributed by atoms with van der Waals surface area (Å²) >= 11 is 0. The minimum atomic E-state index is -4.80. The van der Waals surface area contributed by atoms with Gasteiger partial charge in [-0.25, -0.2) is 9.97 Å². The molecule has 0 spiro atoms. The molecule has 0 bridgehead atoms. The summed E-state index contributed by atoms with van der Waals surface area (Å²) in [6, 6.07) is 12.4. The normalized spacial score (nSPS) is 11.5. The van der Waals surface area contributed by atoms with Crippen LogP contribution in [0.5, 0.6) is 5.75 Å². The summed E-state index contributed by atoms with van der Waals surface area (Å²) < 4.78 is 41.0. The number of benzene rings is 2. The molecule has 2 N–H and O–H groups in total. The van der Waals surface area contributed by atoms with Gasteiger partial charge in [0.2, 0.25) is 11.9 Å². The summed E-state index contributed by atoms with van der Waals surface area (Å²) in [6.07, 6.45) is 2.13. The van der Waals surface area contributed by atoms with Gasteiger partial charge >= 0.3 is 6.36 Å². The van der Waals surface area contributed by atoms with Gasteiger partial charge in [-0.15, -0.1) is 13.2 Å². The third-order valence-electron chi connectivity index (χ3n) is 4.53. The molecule has 0 aliphatic carbocycles. The molecule has 0 saturated carbocycles. The lowest BCUT2D eigenvalue weighted by molar-refractivity contribution is -0.274. The van der Waals surface area contributed by atoms with Gasteiger partial charge in [-0.3, -0.25) is 4.79 Å². The molecule has 1 amide bonds. The molecule has 0 aliphatic rings. The van der Waals surface area contributed by atoms with E-state index in [2.05, 4.69) is 31.9 Å². The molecule has 10 heteroatoms. The van der Waals surface area contributed by atoms with Gasteiger partial charge in [-0.05, 0) is 29.3 Å². The van der Waals surface area contributed by atoms with Crippen molar-refractivity contribution in [3.05, 3.63) is 91.0 Å².